The molecule has 0 aromatic heterocycles. The molecule has 0 heterocycles. The number of rotatable bonds is 11. The number of carbonyl (C=O) groups is 2. The van der Waals surface area contributed by atoms with Crippen LogP contribution in [-0.2, 0) is 32.6 Å². The van der Waals surface area contributed by atoms with Crippen LogP contribution in [0.1, 0.15) is 45.2 Å². The molecule has 0 unspecified atom stereocenters. The normalized spacial score (nSPS) is 13.1. The molecular formula is C25H34ClN3O4S. The van der Waals surface area contributed by atoms with Crippen molar-refractivity contribution in [2.75, 3.05) is 17.1 Å². The third-order valence-electron chi connectivity index (χ3n) is 5.78. The molecule has 0 aliphatic carbocycles. The van der Waals surface area contributed by atoms with E-state index in [0.29, 0.717) is 16.3 Å². The van der Waals surface area contributed by atoms with Crippen LogP contribution in [0.3, 0.4) is 0 Å². The predicted octanol–water partition coefficient (Wildman–Crippen LogP) is 4.00. The van der Waals surface area contributed by atoms with Crippen LogP contribution in [0.4, 0.5) is 5.69 Å². The molecule has 0 saturated heterocycles. The molecule has 0 saturated carbocycles. The second-order valence-corrected chi connectivity index (χ2v) is 10.7. The highest BCUT2D eigenvalue weighted by Gasteiger charge is 2.30. The van der Waals surface area contributed by atoms with Crippen LogP contribution in [0.25, 0.3) is 0 Å². The lowest BCUT2D eigenvalue weighted by Crippen LogP contribution is -2.52. The Morgan fingerprint density at radius 3 is 2.18 bits per heavy atom. The van der Waals surface area contributed by atoms with Crippen LogP contribution < -0.4 is 9.62 Å². The molecule has 9 heteroatoms. The van der Waals surface area contributed by atoms with E-state index in [-0.39, 0.29) is 18.5 Å². The molecule has 186 valence electrons. The Kier molecular flexibility index (Phi) is 9.94. The predicted molar refractivity (Wildman–Crippen MR) is 137 cm³/mol. The standard InChI is InChI=1S/C25H34ClN3O4S/c1-6-18(3)27-25(31)19(4)28(16-21-10-8-9-11-23(21)26)24(30)17-29(34(5,32)33)22-14-12-20(7-2)13-15-22/h8-15,18-19H,6-7,16-17H2,1-5H3,(H,27,31)/t18-,19-/m1/s1. The maximum absolute atomic E-state index is 13.5. The Morgan fingerprint density at radius 2 is 1.65 bits per heavy atom. The van der Waals surface area contributed by atoms with Gasteiger partial charge in [0.1, 0.15) is 12.6 Å². The summed E-state index contributed by atoms with van der Waals surface area (Å²) in [6.45, 7) is 7.11. The fourth-order valence-electron chi connectivity index (χ4n) is 3.37. The van der Waals surface area contributed by atoms with Gasteiger partial charge < -0.3 is 10.2 Å². The highest BCUT2D eigenvalue weighted by atomic mass is 35.5. The number of hydrogen-bond acceptors (Lipinski definition) is 4. The van der Waals surface area contributed by atoms with Gasteiger partial charge >= 0.3 is 0 Å². The zero-order valence-electron chi connectivity index (χ0n) is 20.4. The second-order valence-electron chi connectivity index (χ2n) is 8.40. The highest BCUT2D eigenvalue weighted by molar-refractivity contribution is 7.92. The first kappa shape index (κ1) is 27.7. The third-order valence-corrected chi connectivity index (χ3v) is 7.29. The molecule has 34 heavy (non-hydrogen) atoms. The molecule has 0 radical (unpaired) electrons. The number of nitrogens with one attached hydrogen (secondary N) is 1. The number of nitrogens with zero attached hydrogens (tertiary/aromatic N) is 2. The fraction of sp³-hybridized carbons (Fsp3) is 0.440. The summed E-state index contributed by atoms with van der Waals surface area (Å²) in [4.78, 5) is 27.8. The number of anilines is 1. The van der Waals surface area contributed by atoms with Crippen molar-refractivity contribution in [3.8, 4) is 0 Å². The van der Waals surface area contributed by atoms with Crippen molar-refractivity contribution in [2.24, 2.45) is 0 Å². The van der Waals surface area contributed by atoms with Crippen molar-refractivity contribution in [1.29, 1.82) is 0 Å². The quantitative estimate of drug-likeness (QED) is 0.498. The average molecular weight is 508 g/mol. The highest BCUT2D eigenvalue weighted by Crippen LogP contribution is 2.22. The van der Waals surface area contributed by atoms with Crippen LogP contribution in [0, 0.1) is 0 Å². The van der Waals surface area contributed by atoms with Crippen LogP contribution in [-0.4, -0.2) is 50.0 Å². The van der Waals surface area contributed by atoms with Crippen molar-refractivity contribution in [3.63, 3.8) is 0 Å². The van der Waals surface area contributed by atoms with E-state index in [1.54, 1.807) is 43.3 Å². The zero-order chi connectivity index (χ0) is 25.5. The molecule has 2 aromatic rings. The molecule has 1 N–H and O–H groups in total. The minimum atomic E-state index is -3.76. The van der Waals surface area contributed by atoms with Gasteiger partial charge in [-0.3, -0.25) is 13.9 Å². The van der Waals surface area contributed by atoms with Crippen molar-refractivity contribution in [2.45, 2.75) is 59.2 Å². The summed E-state index contributed by atoms with van der Waals surface area (Å²) < 4.78 is 26.3. The number of benzene rings is 2. The maximum atomic E-state index is 13.5. The lowest BCUT2D eigenvalue weighted by molar-refractivity contribution is -0.139. The van der Waals surface area contributed by atoms with Crippen molar-refractivity contribution >= 4 is 39.1 Å². The molecule has 2 amide bonds. The number of carbonyl (C=O) groups excluding carboxylic acids is 2. The third kappa shape index (κ3) is 7.46. The van der Waals surface area contributed by atoms with Gasteiger partial charge in [0.15, 0.2) is 0 Å². The maximum Gasteiger partial charge on any atom is 0.244 e. The summed E-state index contributed by atoms with van der Waals surface area (Å²) in [5, 5.41) is 3.36. The Bertz CT molecular complexity index is 1090. The molecular weight excluding hydrogens is 474 g/mol. The van der Waals surface area contributed by atoms with Gasteiger partial charge in [-0.05, 0) is 56.0 Å². The van der Waals surface area contributed by atoms with E-state index in [4.69, 9.17) is 11.6 Å². The van der Waals surface area contributed by atoms with Gasteiger partial charge in [-0.25, -0.2) is 8.42 Å². The van der Waals surface area contributed by atoms with Gasteiger partial charge in [0.2, 0.25) is 21.8 Å². The molecule has 0 aliphatic rings. The lowest BCUT2D eigenvalue weighted by atomic mass is 10.1. The number of aryl methyl sites for hydroxylation is 1. The molecule has 2 rings (SSSR count). The van der Waals surface area contributed by atoms with E-state index < -0.39 is 28.5 Å². The second kappa shape index (κ2) is 12.2. The SMILES string of the molecule is CCc1ccc(N(CC(=O)N(Cc2ccccc2Cl)[C@H](C)C(=O)N[C@H](C)CC)S(C)(=O)=O)cc1. The van der Waals surface area contributed by atoms with E-state index in [0.717, 1.165) is 29.0 Å². The summed E-state index contributed by atoms with van der Waals surface area (Å²) in [6.07, 6.45) is 2.62. The minimum absolute atomic E-state index is 0.0585. The van der Waals surface area contributed by atoms with Crippen LogP contribution >= 0.6 is 11.6 Å². The summed E-state index contributed by atoms with van der Waals surface area (Å²) in [5.41, 5.74) is 2.11. The van der Waals surface area contributed by atoms with E-state index >= 15 is 0 Å². The lowest BCUT2D eigenvalue weighted by Gasteiger charge is -2.32. The van der Waals surface area contributed by atoms with Crippen molar-refractivity contribution in [3.05, 3.63) is 64.7 Å². The number of sulfonamides is 1. The first-order valence-electron chi connectivity index (χ1n) is 11.4. The Balaban J connectivity index is 2.39. The largest absolute Gasteiger partial charge is 0.352 e. The van der Waals surface area contributed by atoms with Crippen LogP contribution in [0.5, 0.6) is 0 Å². The Morgan fingerprint density at radius 1 is 1.03 bits per heavy atom. The fourth-order valence-corrected chi connectivity index (χ4v) is 4.42. The summed E-state index contributed by atoms with van der Waals surface area (Å²) >= 11 is 6.32. The summed E-state index contributed by atoms with van der Waals surface area (Å²) in [7, 11) is -3.76. The Hall–Kier alpha value is -2.58. The molecule has 7 nitrogen and oxygen atoms in total. The van der Waals surface area contributed by atoms with E-state index in [1.165, 1.54) is 4.90 Å². The first-order chi connectivity index (χ1) is 16.0. The van der Waals surface area contributed by atoms with Gasteiger partial charge in [0, 0.05) is 17.6 Å². The smallest absolute Gasteiger partial charge is 0.244 e. The van der Waals surface area contributed by atoms with Crippen LogP contribution in [0.2, 0.25) is 5.02 Å². The van der Waals surface area contributed by atoms with E-state index in [1.807, 2.05) is 32.9 Å². The number of hydrogen-bond donors (Lipinski definition) is 1. The molecule has 0 aliphatic heterocycles. The van der Waals surface area contributed by atoms with Crippen LogP contribution in [0.15, 0.2) is 48.5 Å². The first-order valence-corrected chi connectivity index (χ1v) is 13.6. The molecule has 2 atom stereocenters. The number of halogens is 1. The van der Waals surface area contributed by atoms with Gasteiger partial charge in [0.05, 0.1) is 11.9 Å². The molecule has 2 aromatic carbocycles. The van der Waals surface area contributed by atoms with Crippen molar-refractivity contribution < 1.29 is 18.0 Å². The topological polar surface area (TPSA) is 86.8 Å². The average Bonchev–Trinajstić information content (AvgIpc) is 2.80. The van der Waals surface area contributed by atoms with Crippen molar-refractivity contribution in [1.82, 2.24) is 10.2 Å². The van der Waals surface area contributed by atoms with Gasteiger partial charge in [0.25, 0.3) is 0 Å². The van der Waals surface area contributed by atoms with E-state index in [2.05, 4.69) is 5.32 Å². The summed E-state index contributed by atoms with van der Waals surface area (Å²) in [5.74, 6) is -0.815. The minimum Gasteiger partial charge on any atom is -0.352 e. The Labute approximate surface area is 208 Å². The summed E-state index contributed by atoms with van der Waals surface area (Å²) in [6, 6.07) is 13.2. The molecule has 0 spiro atoms. The monoisotopic (exact) mass is 507 g/mol. The number of amides is 2. The van der Waals surface area contributed by atoms with E-state index in [9.17, 15) is 18.0 Å². The molecule has 0 fully saturated rings. The zero-order valence-corrected chi connectivity index (χ0v) is 22.0. The van der Waals surface area contributed by atoms with Gasteiger partial charge in [-0.15, -0.1) is 0 Å². The van der Waals surface area contributed by atoms with Gasteiger partial charge in [-0.1, -0.05) is 55.8 Å². The van der Waals surface area contributed by atoms with Gasteiger partial charge in [-0.2, -0.15) is 0 Å². The molecule has 0 bridgehead atoms.